The average Bonchev–Trinajstić information content (AvgIpc) is 3.17. The van der Waals surface area contributed by atoms with E-state index in [1.165, 1.54) is 0 Å². The molecule has 2 aliphatic rings. The third-order valence-corrected chi connectivity index (χ3v) is 4.76. The molecule has 0 bridgehead atoms. The first-order chi connectivity index (χ1) is 10.1. The van der Waals surface area contributed by atoms with Gasteiger partial charge in [-0.15, -0.1) is 0 Å². The number of hydrogen-bond donors (Lipinski definition) is 0. The number of ether oxygens (including phenoxy) is 1. The van der Waals surface area contributed by atoms with Crippen LogP contribution in [0.3, 0.4) is 0 Å². The Morgan fingerprint density at radius 2 is 2.05 bits per heavy atom. The van der Waals surface area contributed by atoms with Crippen LogP contribution in [-0.4, -0.2) is 42.3 Å². The van der Waals surface area contributed by atoms with Crippen LogP contribution in [0.1, 0.15) is 55.3 Å². The highest BCUT2D eigenvalue weighted by Crippen LogP contribution is 2.31. The largest absolute Gasteiger partial charge is 0.381 e. The number of aromatic nitrogens is 1. The molecule has 2 fully saturated rings. The molecule has 0 aromatic carbocycles. The van der Waals surface area contributed by atoms with E-state index in [-0.39, 0.29) is 11.8 Å². The molecule has 116 valence electrons. The zero-order valence-electron chi connectivity index (χ0n) is 12.9. The van der Waals surface area contributed by atoms with E-state index in [4.69, 9.17) is 9.26 Å². The Balaban J connectivity index is 1.60. The van der Waals surface area contributed by atoms with Gasteiger partial charge in [-0.2, -0.15) is 0 Å². The van der Waals surface area contributed by atoms with E-state index in [1.807, 2.05) is 18.7 Å². The molecule has 1 aromatic rings. The molecule has 1 atom stereocenters. The third kappa shape index (κ3) is 3.12. The van der Waals surface area contributed by atoms with Crippen molar-refractivity contribution in [2.24, 2.45) is 11.8 Å². The monoisotopic (exact) mass is 292 g/mol. The van der Waals surface area contributed by atoms with Crippen LogP contribution in [0.5, 0.6) is 0 Å². The zero-order valence-corrected chi connectivity index (χ0v) is 12.9. The minimum atomic E-state index is 0.0141. The van der Waals surface area contributed by atoms with Gasteiger partial charge in [-0.05, 0) is 31.1 Å². The van der Waals surface area contributed by atoms with Gasteiger partial charge in [0.25, 0.3) is 5.91 Å². The highest BCUT2D eigenvalue weighted by molar-refractivity contribution is 5.92. The zero-order chi connectivity index (χ0) is 14.8. The van der Waals surface area contributed by atoms with Gasteiger partial charge in [-0.25, -0.2) is 0 Å². The highest BCUT2D eigenvalue weighted by atomic mass is 16.5. The maximum absolute atomic E-state index is 12.5. The standard InChI is InChI=1S/C16H24N2O3/c1-11(2)15-9-14(17-21-15)16(19)18-6-3-13(10-18)12-4-7-20-8-5-12/h9,11-13H,3-8,10H2,1-2H3/t13-/m0/s1. The smallest absolute Gasteiger partial charge is 0.276 e. The summed E-state index contributed by atoms with van der Waals surface area (Å²) in [4.78, 5) is 14.4. The molecular weight excluding hydrogens is 268 g/mol. The maximum atomic E-state index is 12.5. The predicted molar refractivity (Wildman–Crippen MR) is 78.1 cm³/mol. The molecule has 0 spiro atoms. The van der Waals surface area contributed by atoms with Crippen LogP contribution in [0.25, 0.3) is 0 Å². The second kappa shape index (κ2) is 6.18. The lowest BCUT2D eigenvalue weighted by Crippen LogP contribution is -2.31. The van der Waals surface area contributed by atoms with Crippen LogP contribution in [0.15, 0.2) is 10.6 Å². The molecule has 3 rings (SSSR count). The summed E-state index contributed by atoms with van der Waals surface area (Å²) in [6, 6.07) is 1.79. The van der Waals surface area contributed by atoms with Crippen LogP contribution in [-0.2, 0) is 4.74 Å². The fraction of sp³-hybridized carbons (Fsp3) is 0.750. The van der Waals surface area contributed by atoms with Gasteiger partial charge in [0.2, 0.25) is 0 Å². The lowest BCUT2D eigenvalue weighted by atomic mass is 9.85. The average molecular weight is 292 g/mol. The van der Waals surface area contributed by atoms with Crippen LogP contribution in [0.2, 0.25) is 0 Å². The van der Waals surface area contributed by atoms with Gasteiger partial charge in [0.1, 0.15) is 5.76 Å². The Morgan fingerprint density at radius 3 is 2.71 bits per heavy atom. The summed E-state index contributed by atoms with van der Waals surface area (Å²) in [5, 5.41) is 3.93. The van der Waals surface area contributed by atoms with E-state index >= 15 is 0 Å². The van der Waals surface area contributed by atoms with E-state index in [2.05, 4.69) is 5.16 Å². The first-order valence-corrected chi connectivity index (χ1v) is 7.98. The van der Waals surface area contributed by atoms with Crippen LogP contribution < -0.4 is 0 Å². The first-order valence-electron chi connectivity index (χ1n) is 7.98. The number of likely N-dealkylation sites (tertiary alicyclic amines) is 1. The van der Waals surface area contributed by atoms with Gasteiger partial charge >= 0.3 is 0 Å². The van der Waals surface area contributed by atoms with Crippen molar-refractivity contribution >= 4 is 5.91 Å². The molecule has 1 aromatic heterocycles. The summed E-state index contributed by atoms with van der Waals surface area (Å²) in [5.74, 6) is 2.38. The SMILES string of the molecule is CC(C)c1cc(C(=O)N2CC[C@H](C3CCOCC3)C2)no1. The van der Waals surface area contributed by atoms with Crippen molar-refractivity contribution in [3.63, 3.8) is 0 Å². The number of carbonyl (C=O) groups excluding carboxylic acids is 1. The van der Waals surface area contributed by atoms with E-state index in [0.29, 0.717) is 17.5 Å². The van der Waals surface area contributed by atoms with Gasteiger partial charge in [0, 0.05) is 38.3 Å². The molecule has 5 heteroatoms. The molecule has 3 heterocycles. The Labute approximate surface area is 125 Å². The first kappa shape index (κ1) is 14.6. The quantitative estimate of drug-likeness (QED) is 0.859. The molecule has 21 heavy (non-hydrogen) atoms. The van der Waals surface area contributed by atoms with Crippen molar-refractivity contribution in [2.75, 3.05) is 26.3 Å². The molecule has 0 radical (unpaired) electrons. The Hall–Kier alpha value is -1.36. The van der Waals surface area contributed by atoms with Crippen molar-refractivity contribution in [3.8, 4) is 0 Å². The molecule has 1 amide bonds. The predicted octanol–water partition coefficient (Wildman–Crippen LogP) is 2.69. The maximum Gasteiger partial charge on any atom is 0.276 e. The Morgan fingerprint density at radius 1 is 1.29 bits per heavy atom. The van der Waals surface area contributed by atoms with Crippen molar-refractivity contribution in [2.45, 2.75) is 39.0 Å². The third-order valence-electron chi connectivity index (χ3n) is 4.76. The van der Waals surface area contributed by atoms with E-state index in [9.17, 15) is 4.79 Å². The topological polar surface area (TPSA) is 55.6 Å². The Kier molecular flexibility index (Phi) is 4.29. The fourth-order valence-corrected chi connectivity index (χ4v) is 3.37. The molecule has 0 N–H and O–H groups in total. The van der Waals surface area contributed by atoms with Gasteiger partial charge in [0.15, 0.2) is 5.69 Å². The van der Waals surface area contributed by atoms with Crippen LogP contribution >= 0.6 is 0 Å². The fourth-order valence-electron chi connectivity index (χ4n) is 3.37. The van der Waals surface area contributed by atoms with Crippen LogP contribution in [0, 0.1) is 11.8 Å². The molecule has 2 saturated heterocycles. The van der Waals surface area contributed by atoms with Crippen molar-refractivity contribution in [3.05, 3.63) is 17.5 Å². The molecule has 2 aliphatic heterocycles. The summed E-state index contributed by atoms with van der Waals surface area (Å²) in [7, 11) is 0. The summed E-state index contributed by atoms with van der Waals surface area (Å²) in [5.41, 5.74) is 0.450. The van der Waals surface area contributed by atoms with Crippen molar-refractivity contribution < 1.29 is 14.1 Å². The molecule has 0 saturated carbocycles. The summed E-state index contributed by atoms with van der Waals surface area (Å²) >= 11 is 0. The molecule has 0 aliphatic carbocycles. The Bertz CT molecular complexity index is 491. The molecule has 0 unspecified atom stereocenters. The van der Waals surface area contributed by atoms with Gasteiger partial charge in [0.05, 0.1) is 0 Å². The minimum absolute atomic E-state index is 0.0141. The highest BCUT2D eigenvalue weighted by Gasteiger charge is 2.33. The number of carbonyl (C=O) groups is 1. The van der Waals surface area contributed by atoms with Crippen molar-refractivity contribution in [1.29, 1.82) is 0 Å². The van der Waals surface area contributed by atoms with Crippen LogP contribution in [0.4, 0.5) is 0 Å². The summed E-state index contributed by atoms with van der Waals surface area (Å²) in [6.45, 7) is 7.50. The lowest BCUT2D eigenvalue weighted by molar-refractivity contribution is 0.0471. The van der Waals surface area contributed by atoms with E-state index < -0.39 is 0 Å². The molecular formula is C16H24N2O3. The van der Waals surface area contributed by atoms with Crippen molar-refractivity contribution in [1.82, 2.24) is 10.1 Å². The van der Waals surface area contributed by atoms with E-state index in [0.717, 1.165) is 51.3 Å². The lowest BCUT2D eigenvalue weighted by Gasteiger charge is -2.27. The second-order valence-electron chi connectivity index (χ2n) is 6.52. The molecule has 5 nitrogen and oxygen atoms in total. The number of nitrogens with zero attached hydrogens (tertiary/aromatic N) is 2. The second-order valence-corrected chi connectivity index (χ2v) is 6.52. The van der Waals surface area contributed by atoms with Gasteiger partial charge < -0.3 is 14.2 Å². The number of amides is 1. The van der Waals surface area contributed by atoms with Gasteiger partial charge in [-0.3, -0.25) is 4.79 Å². The normalized spacial score (nSPS) is 24.0. The number of rotatable bonds is 3. The van der Waals surface area contributed by atoms with Gasteiger partial charge in [-0.1, -0.05) is 19.0 Å². The number of hydrogen-bond acceptors (Lipinski definition) is 4. The summed E-state index contributed by atoms with van der Waals surface area (Å²) in [6.07, 6.45) is 3.37. The minimum Gasteiger partial charge on any atom is -0.381 e. The summed E-state index contributed by atoms with van der Waals surface area (Å²) < 4.78 is 10.7. The van der Waals surface area contributed by atoms with E-state index in [1.54, 1.807) is 6.07 Å².